The Morgan fingerprint density at radius 2 is 2.12 bits per heavy atom. The number of nitrogens with zero attached hydrogens (tertiary/aromatic N) is 4. The van der Waals surface area contributed by atoms with Gasteiger partial charge in [-0.25, -0.2) is 0 Å². The van der Waals surface area contributed by atoms with Crippen molar-refractivity contribution in [1.82, 2.24) is 19.7 Å². The quantitative estimate of drug-likeness (QED) is 0.741. The number of aliphatic carboxylic acids is 1. The highest BCUT2D eigenvalue weighted by molar-refractivity contribution is 7.15. The second-order valence-corrected chi connectivity index (χ2v) is 7.85. The lowest BCUT2D eigenvalue weighted by molar-refractivity contribution is -0.145. The van der Waals surface area contributed by atoms with Crippen LogP contribution in [-0.4, -0.2) is 36.8 Å². The lowest BCUT2D eigenvalue weighted by Crippen LogP contribution is -2.47. The monoisotopic (exact) mass is 388 g/mol. The first-order valence-electron chi connectivity index (χ1n) is 8.22. The minimum absolute atomic E-state index is 0.367. The minimum Gasteiger partial charge on any atom is -0.480 e. The van der Waals surface area contributed by atoms with Crippen LogP contribution in [-0.2, 0) is 24.4 Å². The van der Waals surface area contributed by atoms with Gasteiger partial charge in [0.15, 0.2) is 0 Å². The van der Waals surface area contributed by atoms with Gasteiger partial charge in [0.1, 0.15) is 17.7 Å². The summed E-state index contributed by atoms with van der Waals surface area (Å²) in [5.41, 5.74) is 0.995. The summed E-state index contributed by atoms with van der Waals surface area (Å²) in [5, 5.41) is 18.6. The Morgan fingerprint density at radius 3 is 2.88 bits per heavy atom. The molecule has 0 spiro atoms. The molecule has 0 fully saturated rings. The molecule has 1 aliphatic rings. The smallest absolute Gasteiger partial charge is 0.322 e. The average molecular weight is 389 g/mol. The summed E-state index contributed by atoms with van der Waals surface area (Å²) >= 11 is 7.92. The third-order valence-electron chi connectivity index (χ3n) is 4.60. The van der Waals surface area contributed by atoms with Crippen molar-refractivity contribution in [1.29, 1.82) is 0 Å². The molecule has 0 saturated carbocycles. The van der Waals surface area contributed by atoms with Gasteiger partial charge < -0.3 is 9.67 Å². The first kappa shape index (κ1) is 17.2. The summed E-state index contributed by atoms with van der Waals surface area (Å²) in [6.07, 6.45) is 0. The molecule has 1 unspecified atom stereocenters. The molecule has 1 aromatic carbocycles. The van der Waals surface area contributed by atoms with E-state index in [2.05, 4.69) is 10.2 Å². The molecule has 0 saturated heterocycles. The van der Waals surface area contributed by atoms with E-state index in [9.17, 15) is 9.90 Å². The Hall–Kier alpha value is -2.22. The highest BCUT2D eigenvalue weighted by atomic mass is 35.5. The normalized spacial score (nSPS) is 17.2. The zero-order valence-electron chi connectivity index (χ0n) is 14.1. The van der Waals surface area contributed by atoms with Gasteiger partial charge in [0, 0.05) is 26.9 Å². The summed E-state index contributed by atoms with van der Waals surface area (Å²) in [7, 11) is 0. The Bertz CT molecular complexity index is 968. The first-order valence-corrected chi connectivity index (χ1v) is 9.41. The SMILES string of the molecule is Cc1nnc2n1CC(C(=O)O)N(Cc1ccc(-c3ccccc3Cl)s1)C2. The number of carboxylic acid groups (broad SMARTS) is 1. The van der Waals surface area contributed by atoms with Crippen molar-refractivity contribution in [2.24, 2.45) is 0 Å². The van der Waals surface area contributed by atoms with Crippen molar-refractivity contribution in [3.63, 3.8) is 0 Å². The third-order valence-corrected chi connectivity index (χ3v) is 6.03. The molecule has 0 radical (unpaired) electrons. The predicted molar refractivity (Wildman–Crippen MR) is 100 cm³/mol. The molecule has 26 heavy (non-hydrogen) atoms. The second-order valence-electron chi connectivity index (χ2n) is 6.28. The van der Waals surface area contributed by atoms with Crippen LogP contribution in [0.1, 0.15) is 16.5 Å². The van der Waals surface area contributed by atoms with Crippen LogP contribution >= 0.6 is 22.9 Å². The van der Waals surface area contributed by atoms with Crippen LogP contribution in [0.15, 0.2) is 36.4 Å². The molecular formula is C18H17ClN4O2S. The molecule has 4 rings (SSSR count). The van der Waals surface area contributed by atoms with Gasteiger partial charge in [-0.15, -0.1) is 21.5 Å². The van der Waals surface area contributed by atoms with E-state index in [1.807, 2.05) is 52.8 Å². The van der Waals surface area contributed by atoms with E-state index in [1.54, 1.807) is 11.3 Å². The fraction of sp³-hybridized carbons (Fsp3) is 0.278. The number of carboxylic acids is 1. The van der Waals surface area contributed by atoms with E-state index in [-0.39, 0.29) is 0 Å². The molecule has 0 amide bonds. The Balaban J connectivity index is 1.58. The fourth-order valence-electron chi connectivity index (χ4n) is 3.23. The van der Waals surface area contributed by atoms with Crippen LogP contribution < -0.4 is 0 Å². The van der Waals surface area contributed by atoms with Gasteiger partial charge in [0.2, 0.25) is 0 Å². The first-order chi connectivity index (χ1) is 12.5. The molecule has 6 nitrogen and oxygen atoms in total. The number of hydrogen-bond acceptors (Lipinski definition) is 5. The van der Waals surface area contributed by atoms with E-state index in [1.165, 1.54) is 0 Å². The fourth-order valence-corrected chi connectivity index (χ4v) is 4.60. The largest absolute Gasteiger partial charge is 0.480 e. The van der Waals surface area contributed by atoms with Gasteiger partial charge in [-0.1, -0.05) is 29.8 Å². The molecule has 2 aromatic heterocycles. The highest BCUT2D eigenvalue weighted by Gasteiger charge is 2.33. The number of carbonyl (C=O) groups is 1. The number of rotatable bonds is 4. The molecular weight excluding hydrogens is 372 g/mol. The summed E-state index contributed by atoms with van der Waals surface area (Å²) in [4.78, 5) is 15.9. The summed E-state index contributed by atoms with van der Waals surface area (Å²) in [5.74, 6) is 0.734. The van der Waals surface area contributed by atoms with E-state index >= 15 is 0 Å². The predicted octanol–water partition coefficient (Wildman–Crippen LogP) is 3.44. The zero-order valence-corrected chi connectivity index (χ0v) is 15.7. The lowest BCUT2D eigenvalue weighted by Gasteiger charge is -2.33. The van der Waals surface area contributed by atoms with Crippen LogP contribution in [0, 0.1) is 6.92 Å². The molecule has 134 valence electrons. The highest BCUT2D eigenvalue weighted by Crippen LogP contribution is 2.34. The van der Waals surface area contributed by atoms with E-state index in [0.29, 0.717) is 24.7 Å². The molecule has 1 aliphatic heterocycles. The van der Waals surface area contributed by atoms with E-state index in [4.69, 9.17) is 11.6 Å². The zero-order chi connectivity index (χ0) is 18.3. The maximum absolute atomic E-state index is 11.8. The van der Waals surface area contributed by atoms with Gasteiger partial charge in [-0.05, 0) is 25.1 Å². The van der Waals surface area contributed by atoms with Crippen LogP contribution in [0.4, 0.5) is 0 Å². The third kappa shape index (κ3) is 3.13. The molecule has 3 heterocycles. The topological polar surface area (TPSA) is 71.2 Å². The van der Waals surface area contributed by atoms with Gasteiger partial charge in [0.25, 0.3) is 0 Å². The van der Waals surface area contributed by atoms with E-state index < -0.39 is 12.0 Å². The van der Waals surface area contributed by atoms with Crippen molar-refractivity contribution >= 4 is 28.9 Å². The van der Waals surface area contributed by atoms with Crippen molar-refractivity contribution in [3.8, 4) is 10.4 Å². The van der Waals surface area contributed by atoms with Crippen molar-refractivity contribution in [3.05, 3.63) is 57.9 Å². The van der Waals surface area contributed by atoms with Gasteiger partial charge in [-0.2, -0.15) is 0 Å². The number of aryl methyl sites for hydroxylation is 1. The van der Waals surface area contributed by atoms with Gasteiger partial charge in [-0.3, -0.25) is 9.69 Å². The maximum atomic E-state index is 11.8. The van der Waals surface area contributed by atoms with Crippen LogP contribution in [0.5, 0.6) is 0 Å². The van der Waals surface area contributed by atoms with Crippen molar-refractivity contribution in [2.75, 3.05) is 0 Å². The Labute approximate surface area is 159 Å². The Morgan fingerprint density at radius 1 is 1.31 bits per heavy atom. The molecule has 1 atom stereocenters. The maximum Gasteiger partial charge on any atom is 0.322 e. The average Bonchev–Trinajstić information content (AvgIpc) is 3.22. The molecule has 1 N–H and O–H groups in total. The summed E-state index contributed by atoms with van der Waals surface area (Å²) in [6, 6.07) is 11.2. The number of hydrogen-bond donors (Lipinski definition) is 1. The number of thiophene rings is 1. The van der Waals surface area contributed by atoms with Crippen molar-refractivity contribution < 1.29 is 9.90 Å². The van der Waals surface area contributed by atoms with Gasteiger partial charge >= 0.3 is 5.97 Å². The minimum atomic E-state index is -0.827. The number of halogens is 1. The standard InChI is InChI=1S/C18H17ClN4O2S/c1-11-20-21-17-10-22(15(18(24)25)9-23(11)17)8-12-6-7-16(26-12)13-4-2-3-5-14(13)19/h2-7,15H,8-10H2,1H3,(H,24,25). The van der Waals surface area contributed by atoms with E-state index in [0.717, 1.165) is 27.0 Å². The second kappa shape index (κ2) is 6.83. The number of benzene rings is 1. The Kier molecular flexibility index (Phi) is 4.52. The summed E-state index contributed by atoms with van der Waals surface area (Å²) in [6.45, 7) is 3.24. The van der Waals surface area contributed by atoms with Crippen LogP contribution in [0.2, 0.25) is 5.02 Å². The van der Waals surface area contributed by atoms with Crippen LogP contribution in [0.3, 0.4) is 0 Å². The molecule has 0 bridgehead atoms. The van der Waals surface area contributed by atoms with Crippen LogP contribution in [0.25, 0.3) is 10.4 Å². The number of fused-ring (bicyclic) bond motifs is 1. The number of aromatic nitrogens is 3. The molecule has 8 heteroatoms. The molecule has 3 aromatic rings. The lowest BCUT2D eigenvalue weighted by atomic mass is 10.1. The summed E-state index contributed by atoms with van der Waals surface area (Å²) < 4.78 is 1.89. The molecule has 0 aliphatic carbocycles. The van der Waals surface area contributed by atoms with Gasteiger partial charge in [0.05, 0.1) is 13.1 Å². The van der Waals surface area contributed by atoms with Crippen molar-refractivity contribution in [2.45, 2.75) is 32.6 Å².